The number of aromatic nitrogens is 2. The van der Waals surface area contributed by atoms with E-state index in [4.69, 9.17) is 4.52 Å². The molecule has 0 radical (unpaired) electrons. The van der Waals surface area contributed by atoms with Gasteiger partial charge in [-0.1, -0.05) is 11.2 Å². The van der Waals surface area contributed by atoms with Crippen molar-refractivity contribution in [2.45, 2.75) is 0 Å². The van der Waals surface area contributed by atoms with Gasteiger partial charge in [-0.2, -0.15) is 4.98 Å². The third kappa shape index (κ3) is 1.97. The lowest BCUT2D eigenvalue weighted by molar-refractivity contribution is 0.433. The van der Waals surface area contributed by atoms with Crippen molar-refractivity contribution in [1.82, 2.24) is 10.1 Å². The molecule has 0 aliphatic rings. The van der Waals surface area contributed by atoms with Crippen LogP contribution in [0.5, 0.6) is 0 Å². The summed E-state index contributed by atoms with van der Waals surface area (Å²) in [6.45, 7) is 0. The van der Waals surface area contributed by atoms with Crippen LogP contribution in [0.2, 0.25) is 0 Å². The fourth-order valence-corrected chi connectivity index (χ4v) is 2.08. The minimum absolute atomic E-state index is 0.282. The highest BCUT2D eigenvalue weighted by Gasteiger charge is 2.10. The summed E-state index contributed by atoms with van der Waals surface area (Å²) in [5.74, 6) is 0.670. The maximum absolute atomic E-state index is 12.8. The Hall–Kier alpha value is -2.01. The van der Waals surface area contributed by atoms with E-state index in [9.17, 15) is 4.39 Å². The summed E-state index contributed by atoms with van der Waals surface area (Å²) in [6, 6.07) is 9.82. The number of halogens is 1. The maximum atomic E-state index is 12.8. The first-order valence-electron chi connectivity index (χ1n) is 4.96. The zero-order valence-corrected chi connectivity index (χ0v) is 9.45. The molecule has 0 bridgehead atoms. The van der Waals surface area contributed by atoms with Gasteiger partial charge in [-0.25, -0.2) is 4.39 Å². The molecule has 0 atom stereocenters. The molecule has 0 aliphatic heterocycles. The molecule has 0 N–H and O–H groups in total. The van der Waals surface area contributed by atoms with Gasteiger partial charge in [0.05, 0.1) is 4.88 Å². The molecular weight excluding hydrogens is 239 g/mol. The van der Waals surface area contributed by atoms with E-state index in [1.54, 1.807) is 12.1 Å². The highest BCUT2D eigenvalue weighted by Crippen LogP contribution is 2.25. The van der Waals surface area contributed by atoms with Crippen molar-refractivity contribution in [1.29, 1.82) is 0 Å². The fourth-order valence-electron chi connectivity index (χ4n) is 1.44. The van der Waals surface area contributed by atoms with Crippen LogP contribution in [-0.2, 0) is 0 Å². The van der Waals surface area contributed by atoms with Crippen LogP contribution >= 0.6 is 11.3 Å². The highest BCUT2D eigenvalue weighted by molar-refractivity contribution is 7.13. The van der Waals surface area contributed by atoms with Gasteiger partial charge in [0.2, 0.25) is 5.82 Å². The number of thiophene rings is 1. The van der Waals surface area contributed by atoms with Crippen molar-refractivity contribution in [2.24, 2.45) is 0 Å². The van der Waals surface area contributed by atoms with Gasteiger partial charge in [0, 0.05) is 5.56 Å². The van der Waals surface area contributed by atoms with E-state index in [1.165, 1.54) is 23.5 Å². The van der Waals surface area contributed by atoms with Crippen molar-refractivity contribution in [3.8, 4) is 22.2 Å². The van der Waals surface area contributed by atoms with E-state index in [-0.39, 0.29) is 5.82 Å². The molecule has 0 saturated heterocycles. The van der Waals surface area contributed by atoms with Crippen LogP contribution in [0.1, 0.15) is 0 Å². The van der Waals surface area contributed by atoms with Crippen molar-refractivity contribution in [3.63, 3.8) is 0 Å². The van der Waals surface area contributed by atoms with Crippen molar-refractivity contribution in [2.75, 3.05) is 0 Å². The number of hydrogen-bond acceptors (Lipinski definition) is 4. The summed E-state index contributed by atoms with van der Waals surface area (Å²) < 4.78 is 17.9. The van der Waals surface area contributed by atoms with Crippen molar-refractivity contribution < 1.29 is 8.91 Å². The minimum Gasteiger partial charge on any atom is -0.333 e. The van der Waals surface area contributed by atoms with Crippen LogP contribution in [0.25, 0.3) is 22.2 Å². The first-order valence-corrected chi connectivity index (χ1v) is 5.84. The molecule has 0 saturated carbocycles. The second-order valence-electron chi connectivity index (χ2n) is 3.41. The Morgan fingerprint density at radius 3 is 2.65 bits per heavy atom. The Morgan fingerprint density at radius 1 is 1.12 bits per heavy atom. The molecule has 17 heavy (non-hydrogen) atoms. The maximum Gasteiger partial charge on any atom is 0.268 e. The van der Waals surface area contributed by atoms with Crippen molar-refractivity contribution >= 4 is 11.3 Å². The molecule has 0 amide bonds. The van der Waals surface area contributed by atoms with E-state index in [0.29, 0.717) is 11.7 Å². The van der Waals surface area contributed by atoms with Crippen molar-refractivity contribution in [3.05, 3.63) is 47.6 Å². The molecule has 0 spiro atoms. The Labute approximate surface area is 101 Å². The van der Waals surface area contributed by atoms with Gasteiger partial charge in [0.15, 0.2) is 0 Å². The van der Waals surface area contributed by atoms with Crippen LogP contribution in [-0.4, -0.2) is 10.1 Å². The summed E-state index contributed by atoms with van der Waals surface area (Å²) in [4.78, 5) is 5.18. The van der Waals surface area contributed by atoms with E-state index in [1.807, 2.05) is 17.5 Å². The van der Waals surface area contributed by atoms with Crippen LogP contribution in [0.15, 0.2) is 46.3 Å². The molecule has 0 unspecified atom stereocenters. The molecule has 3 nitrogen and oxygen atoms in total. The average molecular weight is 246 g/mol. The summed E-state index contributed by atoms with van der Waals surface area (Å²) in [7, 11) is 0. The number of rotatable bonds is 2. The molecule has 84 valence electrons. The molecule has 1 aromatic carbocycles. The van der Waals surface area contributed by atoms with Gasteiger partial charge >= 0.3 is 0 Å². The third-order valence-electron chi connectivity index (χ3n) is 2.26. The van der Waals surface area contributed by atoms with Gasteiger partial charge in [-0.3, -0.25) is 0 Å². The number of nitrogens with zero attached hydrogens (tertiary/aromatic N) is 2. The number of benzene rings is 1. The van der Waals surface area contributed by atoms with E-state index < -0.39 is 0 Å². The SMILES string of the molecule is Fc1ccc(-c2noc(-c3cccs3)n2)cc1. The average Bonchev–Trinajstić information content (AvgIpc) is 3.00. The van der Waals surface area contributed by atoms with Gasteiger partial charge in [-0.05, 0) is 35.7 Å². The summed E-state index contributed by atoms with van der Waals surface area (Å²) in [5.41, 5.74) is 0.734. The lowest BCUT2D eigenvalue weighted by Crippen LogP contribution is -1.81. The van der Waals surface area contributed by atoms with E-state index >= 15 is 0 Å². The standard InChI is InChI=1S/C12H7FN2OS/c13-9-5-3-8(4-6-9)11-14-12(16-15-11)10-2-1-7-17-10/h1-7H. The Morgan fingerprint density at radius 2 is 1.94 bits per heavy atom. The van der Waals surface area contributed by atoms with Gasteiger partial charge < -0.3 is 4.52 Å². The summed E-state index contributed by atoms with van der Waals surface area (Å²) in [6.07, 6.45) is 0. The molecule has 3 aromatic rings. The Balaban J connectivity index is 1.98. The number of hydrogen-bond donors (Lipinski definition) is 0. The lowest BCUT2D eigenvalue weighted by Gasteiger charge is -1.92. The Bertz CT molecular complexity index is 616. The highest BCUT2D eigenvalue weighted by atomic mass is 32.1. The summed E-state index contributed by atoms with van der Waals surface area (Å²) in [5, 5.41) is 5.81. The summed E-state index contributed by atoms with van der Waals surface area (Å²) >= 11 is 1.53. The molecule has 2 aromatic heterocycles. The van der Waals surface area contributed by atoms with Gasteiger partial charge in [0.1, 0.15) is 5.82 Å². The monoisotopic (exact) mass is 246 g/mol. The normalized spacial score (nSPS) is 10.6. The van der Waals surface area contributed by atoms with Crippen LogP contribution in [0.3, 0.4) is 0 Å². The molecule has 0 aliphatic carbocycles. The second kappa shape index (κ2) is 4.10. The first kappa shape index (κ1) is 10.2. The lowest BCUT2D eigenvalue weighted by atomic mass is 10.2. The third-order valence-corrected chi connectivity index (χ3v) is 3.12. The predicted octanol–water partition coefficient (Wildman–Crippen LogP) is 3.60. The van der Waals surface area contributed by atoms with Gasteiger partial charge in [0.25, 0.3) is 5.89 Å². The zero-order chi connectivity index (χ0) is 11.7. The second-order valence-corrected chi connectivity index (χ2v) is 4.36. The van der Waals surface area contributed by atoms with Gasteiger partial charge in [-0.15, -0.1) is 11.3 Å². The van der Waals surface area contributed by atoms with Crippen LogP contribution < -0.4 is 0 Å². The molecule has 2 heterocycles. The first-order chi connectivity index (χ1) is 8.33. The fraction of sp³-hybridized carbons (Fsp3) is 0. The largest absolute Gasteiger partial charge is 0.333 e. The van der Waals surface area contributed by atoms with Crippen LogP contribution in [0.4, 0.5) is 4.39 Å². The topological polar surface area (TPSA) is 38.9 Å². The molecule has 0 fully saturated rings. The molecule has 3 rings (SSSR count). The molecular formula is C12H7FN2OS. The van der Waals surface area contributed by atoms with E-state index in [2.05, 4.69) is 10.1 Å². The van der Waals surface area contributed by atoms with E-state index in [0.717, 1.165) is 10.4 Å². The molecule has 5 heteroatoms. The Kier molecular flexibility index (Phi) is 2.45. The smallest absolute Gasteiger partial charge is 0.268 e. The zero-order valence-electron chi connectivity index (χ0n) is 8.63. The quantitative estimate of drug-likeness (QED) is 0.693. The minimum atomic E-state index is -0.282. The predicted molar refractivity (Wildman–Crippen MR) is 63.0 cm³/mol. The van der Waals surface area contributed by atoms with Crippen LogP contribution in [0, 0.1) is 5.82 Å².